The van der Waals surface area contributed by atoms with Crippen LogP contribution in [0.1, 0.15) is 24.4 Å². The van der Waals surface area contributed by atoms with Gasteiger partial charge in [0.25, 0.3) is 0 Å². The first-order valence-corrected chi connectivity index (χ1v) is 9.32. The maximum atomic E-state index is 12.0. The molecule has 1 aliphatic carbocycles. The predicted octanol–water partition coefficient (Wildman–Crippen LogP) is 3.18. The highest BCUT2D eigenvalue weighted by Gasteiger charge is 2.28. The van der Waals surface area contributed by atoms with E-state index in [1.54, 1.807) is 0 Å². The van der Waals surface area contributed by atoms with Crippen molar-refractivity contribution in [1.29, 1.82) is 0 Å². The van der Waals surface area contributed by atoms with Crippen molar-refractivity contribution in [3.63, 3.8) is 0 Å². The molecule has 2 aromatic carbocycles. The maximum Gasteiger partial charge on any atom is 0.319 e. The Morgan fingerprint density at radius 1 is 1.21 bits per heavy atom. The molecule has 0 aliphatic heterocycles. The summed E-state index contributed by atoms with van der Waals surface area (Å²) in [5.74, 6) is 1.55. The molecule has 0 bridgehead atoms. The zero-order chi connectivity index (χ0) is 19.3. The molecule has 0 spiro atoms. The molecule has 0 atom stereocenters. The van der Waals surface area contributed by atoms with E-state index in [1.165, 1.54) is 0 Å². The van der Waals surface area contributed by atoms with Crippen LogP contribution in [0.2, 0.25) is 0 Å². The summed E-state index contributed by atoms with van der Waals surface area (Å²) < 4.78 is 7.48. The van der Waals surface area contributed by atoms with Crippen LogP contribution in [-0.2, 0) is 0 Å². The van der Waals surface area contributed by atoms with Gasteiger partial charge in [-0.15, -0.1) is 5.10 Å². The summed E-state index contributed by atoms with van der Waals surface area (Å²) in [6.45, 7) is 2.82. The van der Waals surface area contributed by atoms with Gasteiger partial charge in [-0.25, -0.2) is 9.48 Å². The minimum Gasteiger partial charge on any atom is -0.492 e. The second-order valence-electron chi connectivity index (χ2n) is 6.80. The molecule has 3 aromatic rings. The highest BCUT2D eigenvalue weighted by Crippen LogP contribution is 2.36. The number of carbonyl (C=O) groups is 1. The molecule has 1 fully saturated rings. The van der Waals surface area contributed by atoms with Gasteiger partial charge in [-0.3, -0.25) is 0 Å². The molecule has 0 unspecified atom stereocenters. The van der Waals surface area contributed by atoms with E-state index in [4.69, 9.17) is 4.74 Å². The van der Waals surface area contributed by atoms with E-state index in [9.17, 15) is 4.79 Å². The molecule has 2 N–H and O–H groups in total. The molecule has 1 heterocycles. The standard InChI is InChI=1S/C20H22N6O2/c1-14-3-2-4-18(13-14)28-12-11-21-20(27)22-16-7-5-15(6-8-16)19-23-24-25-26(19)17-9-10-17/h2-8,13,17H,9-12H2,1H3,(H2,21,22,27). The van der Waals surface area contributed by atoms with Crippen molar-refractivity contribution in [2.75, 3.05) is 18.5 Å². The van der Waals surface area contributed by atoms with Crippen molar-refractivity contribution in [2.45, 2.75) is 25.8 Å². The lowest BCUT2D eigenvalue weighted by Gasteiger charge is -2.10. The second-order valence-corrected chi connectivity index (χ2v) is 6.80. The summed E-state index contributed by atoms with van der Waals surface area (Å²) in [5, 5.41) is 17.5. The van der Waals surface area contributed by atoms with Crippen LogP contribution in [0.25, 0.3) is 11.4 Å². The summed E-state index contributed by atoms with van der Waals surface area (Å²) in [6.07, 6.45) is 2.23. The Hall–Kier alpha value is -3.42. The Morgan fingerprint density at radius 2 is 2.04 bits per heavy atom. The number of carbonyl (C=O) groups excluding carboxylic acids is 1. The van der Waals surface area contributed by atoms with E-state index in [2.05, 4.69) is 26.2 Å². The molecule has 8 heteroatoms. The first-order chi connectivity index (χ1) is 13.7. The predicted molar refractivity (Wildman–Crippen MR) is 105 cm³/mol. The van der Waals surface area contributed by atoms with Crippen molar-refractivity contribution in [2.24, 2.45) is 0 Å². The van der Waals surface area contributed by atoms with Crippen LogP contribution in [0.15, 0.2) is 48.5 Å². The second kappa shape index (κ2) is 8.08. The van der Waals surface area contributed by atoms with Gasteiger partial charge in [0, 0.05) is 11.3 Å². The van der Waals surface area contributed by atoms with Crippen molar-refractivity contribution < 1.29 is 9.53 Å². The van der Waals surface area contributed by atoms with E-state index in [0.717, 1.165) is 35.5 Å². The molecule has 0 radical (unpaired) electrons. The Kier molecular flexibility index (Phi) is 5.18. The number of urea groups is 1. The third kappa shape index (κ3) is 4.46. The van der Waals surface area contributed by atoms with Crippen LogP contribution in [0.4, 0.5) is 10.5 Å². The van der Waals surface area contributed by atoms with E-state index >= 15 is 0 Å². The van der Waals surface area contributed by atoms with Gasteiger partial charge >= 0.3 is 6.03 Å². The van der Waals surface area contributed by atoms with Gasteiger partial charge in [-0.05, 0) is 72.2 Å². The SMILES string of the molecule is Cc1cccc(OCCNC(=O)Nc2ccc(-c3nnnn3C3CC3)cc2)c1. The smallest absolute Gasteiger partial charge is 0.319 e. The fourth-order valence-electron chi connectivity index (χ4n) is 2.87. The third-order valence-corrected chi connectivity index (χ3v) is 4.43. The molecular weight excluding hydrogens is 356 g/mol. The van der Waals surface area contributed by atoms with Crippen molar-refractivity contribution in [3.8, 4) is 17.1 Å². The van der Waals surface area contributed by atoms with Crippen molar-refractivity contribution >= 4 is 11.7 Å². The van der Waals surface area contributed by atoms with Crippen molar-refractivity contribution in [1.82, 2.24) is 25.5 Å². The zero-order valence-corrected chi connectivity index (χ0v) is 15.6. The Bertz CT molecular complexity index is 949. The highest BCUT2D eigenvalue weighted by molar-refractivity contribution is 5.89. The van der Waals surface area contributed by atoms with Gasteiger partial charge in [0.1, 0.15) is 12.4 Å². The molecule has 4 rings (SSSR count). The van der Waals surface area contributed by atoms with E-state index in [-0.39, 0.29) is 6.03 Å². The van der Waals surface area contributed by atoms with Gasteiger partial charge in [-0.2, -0.15) is 0 Å². The lowest BCUT2D eigenvalue weighted by molar-refractivity contribution is 0.247. The van der Waals surface area contributed by atoms with E-state index < -0.39 is 0 Å². The first-order valence-electron chi connectivity index (χ1n) is 9.32. The summed E-state index contributed by atoms with van der Waals surface area (Å²) in [4.78, 5) is 12.0. The molecule has 0 saturated heterocycles. The van der Waals surface area contributed by atoms with Gasteiger partial charge in [-0.1, -0.05) is 12.1 Å². The van der Waals surface area contributed by atoms with Gasteiger partial charge < -0.3 is 15.4 Å². The van der Waals surface area contributed by atoms with Gasteiger partial charge in [0.05, 0.1) is 12.6 Å². The van der Waals surface area contributed by atoms with Crippen molar-refractivity contribution in [3.05, 3.63) is 54.1 Å². The number of aryl methyl sites for hydroxylation is 1. The maximum absolute atomic E-state index is 12.0. The van der Waals surface area contributed by atoms with Crippen LogP contribution in [0, 0.1) is 6.92 Å². The van der Waals surface area contributed by atoms with E-state index in [0.29, 0.717) is 24.9 Å². The quantitative estimate of drug-likeness (QED) is 0.616. The summed E-state index contributed by atoms with van der Waals surface area (Å²) >= 11 is 0. The number of hydrogen-bond donors (Lipinski definition) is 2. The molecule has 144 valence electrons. The lowest BCUT2D eigenvalue weighted by atomic mass is 10.2. The van der Waals surface area contributed by atoms with Gasteiger partial charge in [0.2, 0.25) is 0 Å². The molecule has 1 aliphatic rings. The number of tetrazole rings is 1. The largest absolute Gasteiger partial charge is 0.492 e. The zero-order valence-electron chi connectivity index (χ0n) is 15.6. The number of ether oxygens (including phenoxy) is 1. The van der Waals surface area contributed by atoms with Gasteiger partial charge in [0.15, 0.2) is 5.82 Å². The number of nitrogens with zero attached hydrogens (tertiary/aromatic N) is 4. The normalized spacial score (nSPS) is 13.2. The number of benzene rings is 2. The number of nitrogens with one attached hydrogen (secondary N) is 2. The number of anilines is 1. The Balaban J connectivity index is 1.25. The Labute approximate surface area is 162 Å². The fraction of sp³-hybridized carbons (Fsp3) is 0.300. The Morgan fingerprint density at radius 3 is 2.79 bits per heavy atom. The number of amides is 2. The topological polar surface area (TPSA) is 94.0 Å². The van der Waals surface area contributed by atoms with Crippen LogP contribution in [-0.4, -0.2) is 39.4 Å². The molecule has 28 heavy (non-hydrogen) atoms. The minimum absolute atomic E-state index is 0.275. The molecule has 8 nitrogen and oxygen atoms in total. The minimum atomic E-state index is -0.275. The molecule has 1 aromatic heterocycles. The van der Waals surface area contributed by atoms with Crippen LogP contribution in [0.3, 0.4) is 0 Å². The highest BCUT2D eigenvalue weighted by atomic mass is 16.5. The number of aromatic nitrogens is 4. The monoisotopic (exact) mass is 378 g/mol. The average molecular weight is 378 g/mol. The van der Waals surface area contributed by atoms with E-state index in [1.807, 2.05) is 60.1 Å². The van der Waals surface area contributed by atoms with Crippen LogP contribution >= 0.6 is 0 Å². The summed E-state index contributed by atoms with van der Waals surface area (Å²) in [7, 11) is 0. The average Bonchev–Trinajstić information content (AvgIpc) is 3.43. The van der Waals surface area contributed by atoms with Crippen LogP contribution < -0.4 is 15.4 Å². The summed E-state index contributed by atoms with van der Waals surface area (Å²) in [6, 6.07) is 15.4. The van der Waals surface area contributed by atoms with Crippen LogP contribution in [0.5, 0.6) is 5.75 Å². The lowest BCUT2D eigenvalue weighted by Crippen LogP contribution is -2.32. The fourth-order valence-corrected chi connectivity index (χ4v) is 2.87. The number of rotatable bonds is 7. The molecule has 2 amide bonds. The first kappa shape index (κ1) is 18.0. The third-order valence-electron chi connectivity index (χ3n) is 4.43. The molecule has 1 saturated carbocycles. The molecular formula is C20H22N6O2. The number of hydrogen-bond acceptors (Lipinski definition) is 5. The summed E-state index contributed by atoms with van der Waals surface area (Å²) in [5.41, 5.74) is 2.76.